The van der Waals surface area contributed by atoms with Gasteiger partial charge in [0.25, 0.3) is 10.0 Å². The first-order valence-electron chi connectivity index (χ1n) is 7.34. The van der Waals surface area contributed by atoms with Gasteiger partial charge in [0.1, 0.15) is 5.56 Å². The Morgan fingerprint density at radius 3 is 2.91 bits per heavy atom. The van der Waals surface area contributed by atoms with Crippen molar-refractivity contribution < 1.29 is 17.9 Å². The number of nitrogens with zero attached hydrogens (tertiary/aromatic N) is 2. The van der Waals surface area contributed by atoms with Gasteiger partial charge in [-0.2, -0.15) is 9.40 Å². The molecule has 2 heterocycles. The number of esters is 1. The van der Waals surface area contributed by atoms with Crippen molar-refractivity contribution in [2.45, 2.75) is 37.8 Å². The van der Waals surface area contributed by atoms with E-state index in [1.807, 2.05) is 6.92 Å². The molecule has 0 saturated carbocycles. The van der Waals surface area contributed by atoms with Crippen molar-refractivity contribution in [2.24, 2.45) is 11.7 Å². The van der Waals surface area contributed by atoms with Gasteiger partial charge in [0.05, 0.1) is 12.8 Å². The number of aromatic amines is 1. The zero-order chi connectivity index (χ0) is 16.3. The number of nitrogens with one attached hydrogen (secondary N) is 1. The molecule has 1 aliphatic heterocycles. The number of hydrogen-bond acceptors (Lipinski definition) is 6. The minimum atomic E-state index is -3.82. The van der Waals surface area contributed by atoms with Gasteiger partial charge in [0.2, 0.25) is 0 Å². The molecule has 3 N–H and O–H groups in total. The largest absolute Gasteiger partial charge is 0.462 e. The number of carbonyl (C=O) groups excluding carboxylic acids is 1. The fourth-order valence-electron chi connectivity index (χ4n) is 2.58. The highest BCUT2D eigenvalue weighted by Gasteiger charge is 2.35. The van der Waals surface area contributed by atoms with Crippen molar-refractivity contribution in [3.05, 3.63) is 11.8 Å². The second-order valence-electron chi connectivity index (χ2n) is 5.46. The lowest BCUT2D eigenvalue weighted by molar-refractivity contribution is 0.0521. The predicted octanol–water partition coefficient (Wildman–Crippen LogP) is 0.756. The molecule has 1 aromatic heterocycles. The fourth-order valence-corrected chi connectivity index (χ4v) is 4.17. The molecule has 2 rings (SSSR count). The van der Waals surface area contributed by atoms with Crippen LogP contribution in [0.2, 0.25) is 0 Å². The molecule has 0 aliphatic carbocycles. The van der Waals surface area contributed by atoms with Gasteiger partial charge in [0.15, 0.2) is 5.03 Å². The quantitative estimate of drug-likeness (QED) is 0.742. The number of aromatic nitrogens is 2. The fraction of sp³-hybridized carbons (Fsp3) is 0.692. The number of sulfonamides is 1. The van der Waals surface area contributed by atoms with Crippen LogP contribution in [0.4, 0.5) is 0 Å². The van der Waals surface area contributed by atoms with E-state index in [9.17, 15) is 13.2 Å². The number of ether oxygens (including phenoxy) is 1. The number of nitrogens with two attached hydrogens (primary N) is 1. The van der Waals surface area contributed by atoms with Crippen LogP contribution in [0, 0.1) is 5.92 Å². The second-order valence-corrected chi connectivity index (χ2v) is 7.33. The Balaban J connectivity index is 0.00000264. The number of piperidine rings is 1. The van der Waals surface area contributed by atoms with Crippen molar-refractivity contribution in [3.63, 3.8) is 0 Å². The Labute approximate surface area is 142 Å². The summed E-state index contributed by atoms with van der Waals surface area (Å²) in [5, 5.41) is 5.89. The smallest absolute Gasteiger partial charge is 0.342 e. The Kier molecular flexibility index (Phi) is 7.00. The molecular weight excluding hydrogens is 344 g/mol. The molecule has 8 nitrogen and oxygen atoms in total. The summed E-state index contributed by atoms with van der Waals surface area (Å²) in [4.78, 5) is 11.8. The van der Waals surface area contributed by atoms with E-state index in [1.54, 1.807) is 6.92 Å². The van der Waals surface area contributed by atoms with E-state index in [2.05, 4.69) is 10.2 Å². The van der Waals surface area contributed by atoms with Gasteiger partial charge in [-0.3, -0.25) is 5.10 Å². The van der Waals surface area contributed by atoms with Crippen LogP contribution in [0.5, 0.6) is 0 Å². The highest BCUT2D eigenvalue weighted by molar-refractivity contribution is 7.89. The van der Waals surface area contributed by atoms with Gasteiger partial charge in [-0.1, -0.05) is 0 Å². The van der Waals surface area contributed by atoms with E-state index < -0.39 is 16.0 Å². The van der Waals surface area contributed by atoms with E-state index in [4.69, 9.17) is 10.5 Å². The molecule has 0 amide bonds. The van der Waals surface area contributed by atoms with Crippen molar-refractivity contribution in [3.8, 4) is 0 Å². The topological polar surface area (TPSA) is 118 Å². The van der Waals surface area contributed by atoms with E-state index in [0.717, 1.165) is 12.8 Å². The van der Waals surface area contributed by atoms with Gasteiger partial charge in [-0.15, -0.1) is 12.4 Å². The molecular formula is C13H23ClN4O4S. The lowest BCUT2D eigenvalue weighted by Gasteiger charge is -2.33. The SMILES string of the molecule is CCOC(=O)c1cn[nH]c1S(=O)(=O)N1CCCC(C(C)N)C1.Cl. The molecule has 1 saturated heterocycles. The zero-order valence-electron chi connectivity index (χ0n) is 13.2. The third-order valence-electron chi connectivity index (χ3n) is 3.86. The van der Waals surface area contributed by atoms with Crippen LogP contribution in [0.15, 0.2) is 11.2 Å². The molecule has 2 unspecified atom stereocenters. The number of rotatable bonds is 5. The van der Waals surface area contributed by atoms with E-state index in [-0.39, 0.29) is 41.6 Å². The molecule has 1 aromatic rings. The molecule has 0 aromatic carbocycles. The highest BCUT2D eigenvalue weighted by atomic mass is 35.5. The van der Waals surface area contributed by atoms with Gasteiger partial charge in [-0.05, 0) is 32.6 Å². The predicted molar refractivity (Wildman–Crippen MR) is 86.9 cm³/mol. The van der Waals surface area contributed by atoms with Gasteiger partial charge < -0.3 is 10.5 Å². The minimum Gasteiger partial charge on any atom is -0.462 e. The van der Waals surface area contributed by atoms with Gasteiger partial charge in [0, 0.05) is 19.1 Å². The normalized spacial score (nSPS) is 20.6. The maximum absolute atomic E-state index is 12.8. The number of H-pyrrole nitrogens is 1. The summed E-state index contributed by atoms with van der Waals surface area (Å²) in [6, 6.07) is -0.0794. The second kappa shape index (κ2) is 8.09. The molecule has 132 valence electrons. The monoisotopic (exact) mass is 366 g/mol. The Bertz CT molecular complexity index is 632. The van der Waals surface area contributed by atoms with E-state index in [0.29, 0.717) is 13.1 Å². The minimum absolute atomic E-state index is 0. The van der Waals surface area contributed by atoms with Crippen molar-refractivity contribution >= 4 is 28.4 Å². The van der Waals surface area contributed by atoms with Crippen LogP contribution in [0.25, 0.3) is 0 Å². The third kappa shape index (κ3) is 4.23. The van der Waals surface area contributed by atoms with E-state index in [1.165, 1.54) is 10.5 Å². The Morgan fingerprint density at radius 2 is 2.30 bits per heavy atom. The first-order valence-corrected chi connectivity index (χ1v) is 8.78. The summed E-state index contributed by atoms with van der Waals surface area (Å²) < 4.78 is 31.7. The summed E-state index contributed by atoms with van der Waals surface area (Å²) in [6.45, 7) is 4.46. The number of halogens is 1. The molecule has 0 spiro atoms. The Hall–Kier alpha value is -1.16. The number of carbonyl (C=O) groups is 1. The van der Waals surface area contributed by atoms with Crippen molar-refractivity contribution in [1.82, 2.24) is 14.5 Å². The average Bonchev–Trinajstić information content (AvgIpc) is 2.98. The zero-order valence-corrected chi connectivity index (χ0v) is 14.8. The summed E-state index contributed by atoms with van der Waals surface area (Å²) in [6.07, 6.45) is 2.82. The highest BCUT2D eigenvalue weighted by Crippen LogP contribution is 2.25. The molecule has 23 heavy (non-hydrogen) atoms. The molecule has 1 fully saturated rings. The Morgan fingerprint density at radius 1 is 1.61 bits per heavy atom. The maximum Gasteiger partial charge on any atom is 0.342 e. The van der Waals surface area contributed by atoms with Crippen LogP contribution in [0.1, 0.15) is 37.0 Å². The molecule has 0 radical (unpaired) electrons. The lowest BCUT2D eigenvalue weighted by Crippen LogP contribution is -2.45. The van der Waals surface area contributed by atoms with Crippen LogP contribution in [0.3, 0.4) is 0 Å². The third-order valence-corrected chi connectivity index (χ3v) is 5.70. The first-order chi connectivity index (χ1) is 10.4. The van der Waals surface area contributed by atoms with Crippen LogP contribution in [-0.4, -0.2) is 54.6 Å². The van der Waals surface area contributed by atoms with Crippen LogP contribution in [-0.2, 0) is 14.8 Å². The van der Waals surface area contributed by atoms with Crippen LogP contribution < -0.4 is 5.73 Å². The van der Waals surface area contributed by atoms with Crippen LogP contribution >= 0.6 is 12.4 Å². The summed E-state index contributed by atoms with van der Waals surface area (Å²) in [5.74, 6) is -0.590. The standard InChI is InChI=1S/C13H22N4O4S.ClH/c1-3-21-13(18)11-7-15-16-12(11)22(19,20)17-6-4-5-10(8-17)9(2)14;/h7,9-10H,3-6,8,14H2,1-2H3,(H,15,16);1H. The number of hydrogen-bond donors (Lipinski definition) is 2. The summed E-state index contributed by atoms with van der Waals surface area (Å²) >= 11 is 0. The summed E-state index contributed by atoms with van der Waals surface area (Å²) in [5.41, 5.74) is 5.83. The molecule has 0 bridgehead atoms. The average molecular weight is 367 g/mol. The summed E-state index contributed by atoms with van der Waals surface area (Å²) in [7, 11) is -3.82. The van der Waals surface area contributed by atoms with Gasteiger partial charge in [-0.25, -0.2) is 13.2 Å². The van der Waals surface area contributed by atoms with Gasteiger partial charge >= 0.3 is 5.97 Å². The lowest BCUT2D eigenvalue weighted by atomic mass is 9.93. The molecule has 1 aliphatic rings. The molecule has 2 atom stereocenters. The van der Waals surface area contributed by atoms with E-state index >= 15 is 0 Å². The van der Waals surface area contributed by atoms with Crippen molar-refractivity contribution in [2.75, 3.05) is 19.7 Å². The van der Waals surface area contributed by atoms with Crippen molar-refractivity contribution in [1.29, 1.82) is 0 Å². The molecule has 10 heteroatoms. The first kappa shape index (κ1) is 19.9. The maximum atomic E-state index is 12.8.